The van der Waals surface area contributed by atoms with Gasteiger partial charge in [-0.25, -0.2) is 13.8 Å². The van der Waals surface area contributed by atoms with Gasteiger partial charge in [-0.15, -0.1) is 0 Å². The second kappa shape index (κ2) is 4.93. The maximum Gasteiger partial charge on any atom is 0.137 e. The van der Waals surface area contributed by atoms with Crippen LogP contribution in [0.5, 0.6) is 0 Å². The Bertz CT molecular complexity index is 576. The monoisotopic (exact) mass is 248 g/mol. The minimum absolute atomic E-state index is 0.169. The Labute approximate surface area is 101 Å². The SMILES string of the molecule is N#Cc1ccc(Sc2cc(F)ccc2F)nc1. The van der Waals surface area contributed by atoms with E-state index in [9.17, 15) is 8.78 Å². The van der Waals surface area contributed by atoms with Gasteiger partial charge in [0, 0.05) is 6.20 Å². The summed E-state index contributed by atoms with van der Waals surface area (Å²) in [6.45, 7) is 0. The van der Waals surface area contributed by atoms with Gasteiger partial charge >= 0.3 is 0 Å². The van der Waals surface area contributed by atoms with Crippen LogP contribution in [0.25, 0.3) is 0 Å². The molecule has 1 aromatic carbocycles. The zero-order valence-electron chi connectivity index (χ0n) is 8.52. The molecule has 0 amide bonds. The lowest BCUT2D eigenvalue weighted by atomic mass is 10.3. The maximum atomic E-state index is 13.3. The number of halogens is 2. The van der Waals surface area contributed by atoms with E-state index in [4.69, 9.17) is 5.26 Å². The predicted octanol–water partition coefficient (Wildman–Crippen LogP) is 3.38. The molecule has 0 atom stereocenters. The second-order valence-corrected chi connectivity index (χ2v) is 4.24. The van der Waals surface area contributed by atoms with Gasteiger partial charge in [0.05, 0.1) is 10.5 Å². The van der Waals surface area contributed by atoms with Crippen molar-refractivity contribution >= 4 is 11.8 Å². The van der Waals surface area contributed by atoms with E-state index in [1.54, 1.807) is 12.1 Å². The van der Waals surface area contributed by atoms with Gasteiger partial charge in [-0.05, 0) is 30.3 Å². The van der Waals surface area contributed by atoms with E-state index in [0.717, 1.165) is 30.0 Å². The van der Waals surface area contributed by atoms with E-state index in [1.165, 1.54) is 6.20 Å². The largest absolute Gasteiger partial charge is 0.248 e. The molecule has 0 radical (unpaired) electrons. The fourth-order valence-corrected chi connectivity index (χ4v) is 1.98. The average Bonchev–Trinajstić information content (AvgIpc) is 2.35. The molecule has 2 nitrogen and oxygen atoms in total. The zero-order valence-corrected chi connectivity index (χ0v) is 9.34. The van der Waals surface area contributed by atoms with Gasteiger partial charge in [0.2, 0.25) is 0 Å². The van der Waals surface area contributed by atoms with Crippen molar-refractivity contribution in [3.05, 3.63) is 53.7 Å². The van der Waals surface area contributed by atoms with Crippen molar-refractivity contribution in [2.24, 2.45) is 0 Å². The maximum absolute atomic E-state index is 13.3. The van der Waals surface area contributed by atoms with E-state index in [-0.39, 0.29) is 4.90 Å². The number of nitriles is 1. The Morgan fingerprint density at radius 1 is 1.18 bits per heavy atom. The number of rotatable bonds is 2. The summed E-state index contributed by atoms with van der Waals surface area (Å²) in [5.74, 6) is -0.995. The minimum atomic E-state index is -0.498. The van der Waals surface area contributed by atoms with Crippen LogP contribution in [0.4, 0.5) is 8.78 Å². The van der Waals surface area contributed by atoms with Crippen molar-refractivity contribution in [3.8, 4) is 6.07 Å². The molecule has 1 aromatic heterocycles. The second-order valence-electron chi connectivity index (χ2n) is 3.17. The molecule has 84 valence electrons. The molecule has 0 saturated carbocycles. The highest BCUT2D eigenvalue weighted by atomic mass is 32.2. The minimum Gasteiger partial charge on any atom is -0.248 e. The normalized spacial score (nSPS) is 9.94. The molecule has 2 rings (SSSR count). The lowest BCUT2D eigenvalue weighted by Crippen LogP contribution is -1.86. The molecule has 0 aliphatic rings. The number of hydrogen-bond donors (Lipinski definition) is 0. The molecular formula is C12H6F2N2S. The van der Waals surface area contributed by atoms with Crippen molar-refractivity contribution in [3.63, 3.8) is 0 Å². The molecule has 1 heterocycles. The summed E-state index contributed by atoms with van der Waals surface area (Å²) in [4.78, 5) is 4.14. The molecule has 0 fully saturated rings. The van der Waals surface area contributed by atoms with Crippen LogP contribution in [0.1, 0.15) is 5.56 Å². The van der Waals surface area contributed by atoms with E-state index in [1.807, 2.05) is 6.07 Å². The highest BCUT2D eigenvalue weighted by Gasteiger charge is 2.06. The first kappa shape index (κ1) is 11.6. The molecule has 2 aromatic rings. The molecule has 17 heavy (non-hydrogen) atoms. The summed E-state index contributed by atoms with van der Waals surface area (Å²) in [6.07, 6.45) is 1.39. The van der Waals surface area contributed by atoms with Crippen molar-refractivity contribution in [1.82, 2.24) is 4.98 Å². The number of aromatic nitrogens is 1. The van der Waals surface area contributed by atoms with Crippen LogP contribution in [0, 0.1) is 23.0 Å². The molecule has 0 N–H and O–H groups in total. The number of hydrogen-bond acceptors (Lipinski definition) is 3. The van der Waals surface area contributed by atoms with Crippen molar-refractivity contribution in [2.45, 2.75) is 9.92 Å². The third kappa shape index (κ3) is 2.80. The van der Waals surface area contributed by atoms with Gasteiger partial charge < -0.3 is 0 Å². The smallest absolute Gasteiger partial charge is 0.137 e. The predicted molar refractivity (Wildman–Crippen MR) is 59.4 cm³/mol. The van der Waals surface area contributed by atoms with Crippen LogP contribution in [0.2, 0.25) is 0 Å². The fraction of sp³-hybridized carbons (Fsp3) is 0. The first-order valence-corrected chi connectivity index (χ1v) is 5.50. The van der Waals surface area contributed by atoms with Crippen LogP contribution in [-0.4, -0.2) is 4.98 Å². The third-order valence-corrected chi connectivity index (χ3v) is 2.96. The zero-order chi connectivity index (χ0) is 12.3. The van der Waals surface area contributed by atoms with E-state index in [0.29, 0.717) is 10.6 Å². The molecule has 5 heteroatoms. The molecule has 0 spiro atoms. The summed E-state index contributed by atoms with van der Waals surface area (Å²) < 4.78 is 26.3. The number of pyridine rings is 1. The number of benzene rings is 1. The van der Waals surface area contributed by atoms with Gasteiger partial charge in [-0.2, -0.15) is 5.26 Å². The molecule has 0 saturated heterocycles. The molecule has 0 bridgehead atoms. The number of nitrogens with zero attached hydrogens (tertiary/aromatic N) is 2. The average molecular weight is 248 g/mol. The van der Waals surface area contributed by atoms with E-state index >= 15 is 0 Å². The van der Waals surface area contributed by atoms with Gasteiger partial charge in [0.15, 0.2) is 0 Å². The summed E-state index contributed by atoms with van der Waals surface area (Å²) in [5, 5.41) is 9.10. The van der Waals surface area contributed by atoms with Gasteiger partial charge in [-0.3, -0.25) is 0 Å². The summed E-state index contributed by atoms with van der Waals surface area (Å²) >= 11 is 1.01. The topological polar surface area (TPSA) is 36.7 Å². The fourth-order valence-electron chi connectivity index (χ4n) is 1.17. The summed E-state index contributed by atoms with van der Waals surface area (Å²) in [6, 6.07) is 8.34. The molecule has 0 aliphatic carbocycles. The van der Waals surface area contributed by atoms with Crippen molar-refractivity contribution in [1.29, 1.82) is 5.26 Å². The van der Waals surface area contributed by atoms with Crippen molar-refractivity contribution in [2.75, 3.05) is 0 Å². The lowest BCUT2D eigenvalue weighted by Gasteiger charge is -2.02. The van der Waals surface area contributed by atoms with Crippen LogP contribution < -0.4 is 0 Å². The molecule has 0 unspecified atom stereocenters. The first-order chi connectivity index (χ1) is 8.19. The quantitative estimate of drug-likeness (QED) is 0.817. The Kier molecular flexibility index (Phi) is 3.35. The van der Waals surface area contributed by atoms with Gasteiger partial charge in [0.1, 0.15) is 22.7 Å². The van der Waals surface area contributed by atoms with Crippen LogP contribution >= 0.6 is 11.8 Å². The molecule has 0 aliphatic heterocycles. The highest BCUT2D eigenvalue weighted by molar-refractivity contribution is 7.99. The summed E-state index contributed by atoms with van der Waals surface area (Å²) in [5.41, 5.74) is 0.425. The first-order valence-electron chi connectivity index (χ1n) is 4.68. The van der Waals surface area contributed by atoms with Crippen molar-refractivity contribution < 1.29 is 8.78 Å². The van der Waals surface area contributed by atoms with Crippen LogP contribution in [0.15, 0.2) is 46.5 Å². The van der Waals surface area contributed by atoms with Gasteiger partial charge in [0.25, 0.3) is 0 Å². The third-order valence-electron chi connectivity index (χ3n) is 1.97. The van der Waals surface area contributed by atoms with Crippen LogP contribution in [0.3, 0.4) is 0 Å². The highest BCUT2D eigenvalue weighted by Crippen LogP contribution is 2.28. The lowest BCUT2D eigenvalue weighted by molar-refractivity contribution is 0.577. The Morgan fingerprint density at radius 3 is 2.65 bits per heavy atom. The van der Waals surface area contributed by atoms with E-state index < -0.39 is 11.6 Å². The summed E-state index contributed by atoms with van der Waals surface area (Å²) in [7, 11) is 0. The van der Waals surface area contributed by atoms with Crippen LogP contribution in [-0.2, 0) is 0 Å². The van der Waals surface area contributed by atoms with Gasteiger partial charge in [-0.1, -0.05) is 11.8 Å². The molecular weight excluding hydrogens is 242 g/mol. The van der Waals surface area contributed by atoms with E-state index in [2.05, 4.69) is 4.98 Å². The Hall–Kier alpha value is -1.93. The standard InChI is InChI=1S/C12H6F2N2S/c13-9-2-3-10(14)11(5-9)17-12-4-1-8(6-15)7-16-12/h1-5,7H. The Balaban J connectivity index is 2.25. The Morgan fingerprint density at radius 2 is 2.00 bits per heavy atom.